The first-order chi connectivity index (χ1) is 9.45. The normalized spacial score (nSPS) is 12.7. The molecule has 3 nitrogen and oxygen atoms in total. The van der Waals surface area contributed by atoms with Crippen molar-refractivity contribution in [1.29, 1.82) is 0 Å². The average molecular weight is 279 g/mol. The first kappa shape index (κ1) is 14.7. The number of halogens is 2. The molecule has 1 aromatic heterocycles. The van der Waals surface area contributed by atoms with Gasteiger partial charge in [-0.1, -0.05) is 6.92 Å². The number of likely N-dealkylation sites (N-methyl/N-ethyl adjacent to an activating group) is 1. The molecule has 0 aliphatic heterocycles. The fourth-order valence-corrected chi connectivity index (χ4v) is 2.66. The van der Waals surface area contributed by atoms with Crippen LogP contribution in [0.3, 0.4) is 0 Å². The molecule has 0 fully saturated rings. The fraction of sp³-hybridized carbons (Fsp3) is 0.400. The van der Waals surface area contributed by atoms with Crippen LogP contribution in [0.5, 0.6) is 0 Å². The predicted octanol–water partition coefficient (Wildman–Crippen LogP) is 3.09. The van der Waals surface area contributed by atoms with Crippen LogP contribution in [0.4, 0.5) is 8.78 Å². The van der Waals surface area contributed by atoms with Crippen molar-refractivity contribution in [2.45, 2.75) is 26.7 Å². The third-order valence-electron chi connectivity index (χ3n) is 3.49. The lowest BCUT2D eigenvalue weighted by Gasteiger charge is -2.12. The first-order valence-electron chi connectivity index (χ1n) is 6.61. The third-order valence-corrected chi connectivity index (χ3v) is 3.49. The summed E-state index contributed by atoms with van der Waals surface area (Å²) in [4.78, 5) is 0. The minimum atomic E-state index is -0.608. The summed E-state index contributed by atoms with van der Waals surface area (Å²) in [7, 11) is 1.89. The molecule has 1 aromatic carbocycles. The van der Waals surface area contributed by atoms with Crippen molar-refractivity contribution in [2.24, 2.45) is 0 Å². The Morgan fingerprint density at radius 1 is 1.30 bits per heavy atom. The Kier molecular flexibility index (Phi) is 4.18. The lowest BCUT2D eigenvalue weighted by Crippen LogP contribution is -2.16. The van der Waals surface area contributed by atoms with E-state index in [2.05, 4.69) is 17.3 Å². The highest BCUT2D eigenvalue weighted by molar-refractivity contribution is 5.39. The summed E-state index contributed by atoms with van der Waals surface area (Å²) in [6.07, 6.45) is 0. The second kappa shape index (κ2) is 5.71. The van der Waals surface area contributed by atoms with Gasteiger partial charge in [0.2, 0.25) is 0 Å². The molecule has 2 rings (SSSR count). The maximum atomic E-state index is 13.9. The summed E-state index contributed by atoms with van der Waals surface area (Å²) < 4.78 is 28.4. The molecule has 1 unspecified atom stereocenters. The topological polar surface area (TPSA) is 29.9 Å². The zero-order valence-electron chi connectivity index (χ0n) is 12.2. The van der Waals surface area contributed by atoms with Gasteiger partial charge >= 0.3 is 0 Å². The summed E-state index contributed by atoms with van der Waals surface area (Å²) in [5.74, 6) is -0.919. The number of nitrogens with zero attached hydrogens (tertiary/aromatic N) is 2. The van der Waals surface area contributed by atoms with E-state index >= 15 is 0 Å². The van der Waals surface area contributed by atoms with Crippen molar-refractivity contribution >= 4 is 0 Å². The number of benzene rings is 1. The van der Waals surface area contributed by atoms with Crippen LogP contribution in [-0.2, 0) is 0 Å². The molecular formula is C15H19F2N3. The molecule has 0 saturated carbocycles. The maximum absolute atomic E-state index is 13.9. The first-order valence-corrected chi connectivity index (χ1v) is 6.61. The smallest absolute Gasteiger partial charge is 0.151 e. The van der Waals surface area contributed by atoms with E-state index in [0.717, 1.165) is 29.6 Å². The second-order valence-corrected chi connectivity index (χ2v) is 5.05. The molecule has 0 saturated heterocycles. The molecule has 20 heavy (non-hydrogen) atoms. The number of aromatic nitrogens is 2. The Bertz CT molecular complexity index is 620. The molecule has 1 N–H and O–H groups in total. The molecule has 0 spiro atoms. The molecule has 0 aliphatic carbocycles. The fourth-order valence-electron chi connectivity index (χ4n) is 2.66. The summed E-state index contributed by atoms with van der Waals surface area (Å²) >= 11 is 0. The van der Waals surface area contributed by atoms with Crippen LogP contribution in [0, 0.1) is 25.5 Å². The Labute approximate surface area is 117 Å². The van der Waals surface area contributed by atoms with E-state index in [0.29, 0.717) is 0 Å². The lowest BCUT2D eigenvalue weighted by atomic mass is 9.99. The van der Waals surface area contributed by atoms with Gasteiger partial charge in [-0.25, -0.2) is 13.5 Å². The molecule has 0 amide bonds. The zero-order valence-corrected chi connectivity index (χ0v) is 12.2. The van der Waals surface area contributed by atoms with Crippen molar-refractivity contribution in [1.82, 2.24) is 15.1 Å². The standard InChI is InChI=1S/C15H19F2N3/c1-9(8-18-4)15-10(2)19-20(11(15)3)14-6-5-12(16)7-13(14)17/h5-7,9,18H,8H2,1-4H3. The molecule has 0 radical (unpaired) electrons. The van der Waals surface area contributed by atoms with Crippen LogP contribution in [0.2, 0.25) is 0 Å². The van der Waals surface area contributed by atoms with Gasteiger partial charge in [0.1, 0.15) is 11.5 Å². The molecule has 1 atom stereocenters. The highest BCUT2D eigenvalue weighted by atomic mass is 19.1. The van der Waals surface area contributed by atoms with Crippen LogP contribution in [-0.4, -0.2) is 23.4 Å². The van der Waals surface area contributed by atoms with Gasteiger partial charge in [-0.05, 0) is 38.9 Å². The largest absolute Gasteiger partial charge is 0.319 e. The quantitative estimate of drug-likeness (QED) is 0.932. The SMILES string of the molecule is CNCC(C)c1c(C)nn(-c2ccc(F)cc2F)c1C. The van der Waals surface area contributed by atoms with Gasteiger partial charge in [0, 0.05) is 23.9 Å². The van der Waals surface area contributed by atoms with Gasteiger partial charge < -0.3 is 5.32 Å². The predicted molar refractivity (Wildman–Crippen MR) is 75.3 cm³/mol. The van der Waals surface area contributed by atoms with Crippen molar-refractivity contribution in [2.75, 3.05) is 13.6 Å². The summed E-state index contributed by atoms with van der Waals surface area (Å²) in [5, 5.41) is 7.53. The Morgan fingerprint density at radius 3 is 2.60 bits per heavy atom. The van der Waals surface area contributed by atoms with Gasteiger partial charge in [-0.2, -0.15) is 5.10 Å². The minimum absolute atomic E-state index is 0.273. The van der Waals surface area contributed by atoms with E-state index in [1.807, 2.05) is 20.9 Å². The number of rotatable bonds is 4. The molecule has 108 valence electrons. The summed E-state index contributed by atoms with van der Waals surface area (Å²) in [6, 6.07) is 3.53. The Balaban J connectivity index is 2.51. The van der Waals surface area contributed by atoms with Gasteiger partial charge in [0.05, 0.1) is 5.69 Å². The van der Waals surface area contributed by atoms with Gasteiger partial charge in [-0.3, -0.25) is 0 Å². The van der Waals surface area contributed by atoms with Crippen LogP contribution in [0.25, 0.3) is 5.69 Å². The molecule has 0 aliphatic rings. The molecule has 2 aromatic rings. The molecular weight excluding hydrogens is 260 g/mol. The third kappa shape index (κ3) is 2.58. The highest BCUT2D eigenvalue weighted by Gasteiger charge is 2.19. The van der Waals surface area contributed by atoms with Crippen LogP contribution in [0.1, 0.15) is 29.8 Å². The number of hydrogen-bond acceptors (Lipinski definition) is 2. The van der Waals surface area contributed by atoms with E-state index in [4.69, 9.17) is 0 Å². The summed E-state index contributed by atoms with van der Waals surface area (Å²) in [6.45, 7) is 6.73. The van der Waals surface area contributed by atoms with E-state index in [1.165, 1.54) is 12.1 Å². The second-order valence-electron chi connectivity index (χ2n) is 5.05. The van der Waals surface area contributed by atoms with Crippen LogP contribution >= 0.6 is 0 Å². The van der Waals surface area contributed by atoms with Crippen LogP contribution in [0.15, 0.2) is 18.2 Å². The number of nitrogens with one attached hydrogen (secondary N) is 1. The molecule has 1 heterocycles. The van der Waals surface area contributed by atoms with E-state index in [1.54, 1.807) is 4.68 Å². The number of hydrogen-bond donors (Lipinski definition) is 1. The van der Waals surface area contributed by atoms with Gasteiger partial charge in [0.15, 0.2) is 5.82 Å². The van der Waals surface area contributed by atoms with Gasteiger partial charge in [0.25, 0.3) is 0 Å². The van der Waals surface area contributed by atoms with E-state index < -0.39 is 11.6 Å². The Morgan fingerprint density at radius 2 is 2.00 bits per heavy atom. The monoisotopic (exact) mass is 279 g/mol. The van der Waals surface area contributed by atoms with Crippen molar-refractivity contribution < 1.29 is 8.78 Å². The van der Waals surface area contributed by atoms with Gasteiger partial charge in [-0.15, -0.1) is 0 Å². The number of aryl methyl sites for hydroxylation is 1. The minimum Gasteiger partial charge on any atom is -0.319 e. The molecule has 5 heteroatoms. The lowest BCUT2D eigenvalue weighted by molar-refractivity contribution is 0.572. The summed E-state index contributed by atoms with van der Waals surface area (Å²) in [5.41, 5.74) is 3.13. The van der Waals surface area contributed by atoms with E-state index in [-0.39, 0.29) is 11.6 Å². The van der Waals surface area contributed by atoms with Crippen LogP contribution < -0.4 is 5.32 Å². The van der Waals surface area contributed by atoms with Crippen molar-refractivity contribution in [3.05, 3.63) is 46.8 Å². The highest BCUT2D eigenvalue weighted by Crippen LogP contribution is 2.26. The van der Waals surface area contributed by atoms with Crippen molar-refractivity contribution in [3.63, 3.8) is 0 Å². The molecule has 0 bridgehead atoms. The van der Waals surface area contributed by atoms with E-state index in [9.17, 15) is 8.78 Å². The van der Waals surface area contributed by atoms with Crippen molar-refractivity contribution in [3.8, 4) is 5.69 Å². The Hall–Kier alpha value is -1.75. The zero-order chi connectivity index (χ0) is 14.9. The maximum Gasteiger partial charge on any atom is 0.151 e. The average Bonchev–Trinajstić information content (AvgIpc) is 2.65.